The zero-order valence-electron chi connectivity index (χ0n) is 10.5. The van der Waals surface area contributed by atoms with Crippen LogP contribution in [0.15, 0.2) is 0 Å². The number of amides is 2. The smallest absolute Gasteiger partial charge is 0.239 e. The van der Waals surface area contributed by atoms with E-state index < -0.39 is 6.04 Å². The number of β-lactam (4-membered cyclic amide) rings is 1. The summed E-state index contributed by atoms with van der Waals surface area (Å²) in [6.45, 7) is 5.33. The fourth-order valence-electron chi connectivity index (χ4n) is 2.54. The van der Waals surface area contributed by atoms with Gasteiger partial charge in [0.25, 0.3) is 0 Å². The second-order valence-electron chi connectivity index (χ2n) is 5.60. The fraction of sp³-hybridized carbons (Fsp3) is 0.833. The van der Waals surface area contributed by atoms with Crippen molar-refractivity contribution in [2.24, 2.45) is 11.7 Å². The van der Waals surface area contributed by atoms with Crippen molar-refractivity contribution >= 4 is 11.8 Å². The van der Waals surface area contributed by atoms with Crippen LogP contribution in [0.2, 0.25) is 0 Å². The number of carbonyl (C=O) groups excluding carboxylic acids is 2. The number of hydrogen-bond donors (Lipinski definition) is 2. The van der Waals surface area contributed by atoms with Crippen molar-refractivity contribution in [1.82, 2.24) is 10.2 Å². The second kappa shape index (κ2) is 4.29. The molecule has 96 valence electrons. The molecule has 2 fully saturated rings. The molecule has 0 aromatic rings. The van der Waals surface area contributed by atoms with Crippen LogP contribution >= 0.6 is 0 Å². The summed E-state index contributed by atoms with van der Waals surface area (Å²) in [4.78, 5) is 24.8. The number of nitrogens with one attached hydrogen (secondary N) is 1. The maximum absolute atomic E-state index is 12.0. The lowest BCUT2D eigenvalue weighted by Crippen LogP contribution is -2.66. The van der Waals surface area contributed by atoms with Gasteiger partial charge in [0.2, 0.25) is 11.8 Å². The Hall–Kier alpha value is -1.10. The van der Waals surface area contributed by atoms with Gasteiger partial charge < -0.3 is 16.0 Å². The van der Waals surface area contributed by atoms with Crippen LogP contribution in [0.1, 0.15) is 33.1 Å². The molecule has 0 radical (unpaired) electrons. The van der Waals surface area contributed by atoms with Crippen LogP contribution in [0.5, 0.6) is 0 Å². The summed E-state index contributed by atoms with van der Waals surface area (Å²) in [6.07, 6.45) is 2.33. The van der Waals surface area contributed by atoms with Gasteiger partial charge >= 0.3 is 0 Å². The van der Waals surface area contributed by atoms with Crippen LogP contribution in [-0.4, -0.2) is 41.4 Å². The first kappa shape index (κ1) is 12.4. The van der Waals surface area contributed by atoms with E-state index in [-0.39, 0.29) is 23.3 Å². The average molecular weight is 239 g/mol. The summed E-state index contributed by atoms with van der Waals surface area (Å²) in [6, 6.07) is -0.403. The van der Waals surface area contributed by atoms with Crippen LogP contribution in [0.3, 0.4) is 0 Å². The Balaban J connectivity index is 1.87. The number of nitrogens with zero attached hydrogens (tertiary/aromatic N) is 1. The average Bonchev–Trinajstić information content (AvgIpc) is 2.26. The molecule has 0 unspecified atom stereocenters. The van der Waals surface area contributed by atoms with Crippen molar-refractivity contribution in [1.29, 1.82) is 0 Å². The van der Waals surface area contributed by atoms with Gasteiger partial charge in [-0.2, -0.15) is 0 Å². The third kappa shape index (κ3) is 2.29. The molecule has 2 aliphatic heterocycles. The van der Waals surface area contributed by atoms with Gasteiger partial charge in [0.1, 0.15) is 0 Å². The quantitative estimate of drug-likeness (QED) is 0.658. The lowest BCUT2D eigenvalue weighted by molar-refractivity contribution is -0.140. The van der Waals surface area contributed by atoms with Crippen molar-refractivity contribution in [2.75, 3.05) is 13.1 Å². The van der Waals surface area contributed by atoms with Gasteiger partial charge in [-0.1, -0.05) is 13.8 Å². The lowest BCUT2D eigenvalue weighted by atomic mass is 9.78. The molecule has 5 nitrogen and oxygen atoms in total. The molecule has 2 saturated heterocycles. The largest absolute Gasteiger partial charge is 0.350 e. The number of piperidine rings is 1. The molecular formula is C12H21N3O2. The maximum Gasteiger partial charge on any atom is 0.239 e. The predicted molar refractivity (Wildman–Crippen MR) is 64.1 cm³/mol. The van der Waals surface area contributed by atoms with E-state index >= 15 is 0 Å². The van der Waals surface area contributed by atoms with Gasteiger partial charge in [-0.15, -0.1) is 0 Å². The number of likely N-dealkylation sites (tertiary alicyclic amines) is 1. The van der Waals surface area contributed by atoms with Crippen LogP contribution in [0.4, 0.5) is 0 Å². The summed E-state index contributed by atoms with van der Waals surface area (Å²) in [5.41, 5.74) is 5.85. The molecule has 2 aliphatic rings. The number of hydrogen-bond acceptors (Lipinski definition) is 3. The monoisotopic (exact) mass is 239 g/mol. The van der Waals surface area contributed by atoms with Crippen LogP contribution in [0.25, 0.3) is 0 Å². The first-order valence-electron chi connectivity index (χ1n) is 6.29. The van der Waals surface area contributed by atoms with Crippen molar-refractivity contribution in [2.45, 2.75) is 44.7 Å². The predicted octanol–water partition coefficient (Wildman–Crippen LogP) is -0.149. The maximum atomic E-state index is 12.0. The molecule has 2 heterocycles. The van der Waals surface area contributed by atoms with E-state index in [1.54, 1.807) is 0 Å². The summed E-state index contributed by atoms with van der Waals surface area (Å²) < 4.78 is 0. The minimum Gasteiger partial charge on any atom is -0.350 e. The highest BCUT2D eigenvalue weighted by Crippen LogP contribution is 2.32. The van der Waals surface area contributed by atoms with Crippen molar-refractivity contribution in [3.8, 4) is 0 Å². The third-order valence-corrected chi connectivity index (χ3v) is 3.94. The SMILES string of the molecule is CC(C)[C@H](N)C(=O)N1CCC2(CC1)CC(=O)N2. The Kier molecular flexibility index (Phi) is 3.12. The normalized spacial score (nSPS) is 24.5. The van der Waals surface area contributed by atoms with E-state index in [1.165, 1.54) is 0 Å². The van der Waals surface area contributed by atoms with E-state index in [2.05, 4.69) is 5.32 Å². The number of rotatable bonds is 2. The zero-order chi connectivity index (χ0) is 12.6. The fourth-order valence-corrected chi connectivity index (χ4v) is 2.54. The van der Waals surface area contributed by atoms with Crippen LogP contribution in [-0.2, 0) is 9.59 Å². The van der Waals surface area contributed by atoms with E-state index in [0.717, 1.165) is 12.8 Å². The zero-order valence-corrected chi connectivity index (χ0v) is 10.5. The van der Waals surface area contributed by atoms with E-state index in [0.29, 0.717) is 19.5 Å². The number of nitrogens with two attached hydrogens (primary N) is 1. The molecule has 1 spiro atoms. The Morgan fingerprint density at radius 1 is 1.41 bits per heavy atom. The summed E-state index contributed by atoms with van der Waals surface area (Å²) in [5.74, 6) is 0.339. The first-order valence-corrected chi connectivity index (χ1v) is 6.29. The highest BCUT2D eigenvalue weighted by molar-refractivity contribution is 5.85. The third-order valence-electron chi connectivity index (χ3n) is 3.94. The Bertz CT molecular complexity index is 323. The molecule has 0 aliphatic carbocycles. The molecular weight excluding hydrogens is 218 g/mol. The molecule has 2 amide bonds. The van der Waals surface area contributed by atoms with Gasteiger partial charge in [-0.05, 0) is 18.8 Å². The van der Waals surface area contributed by atoms with Gasteiger partial charge in [0, 0.05) is 19.5 Å². The van der Waals surface area contributed by atoms with E-state index in [9.17, 15) is 9.59 Å². The van der Waals surface area contributed by atoms with Crippen molar-refractivity contribution in [3.63, 3.8) is 0 Å². The summed E-state index contributed by atoms with van der Waals surface area (Å²) in [5, 5.41) is 2.96. The van der Waals surface area contributed by atoms with Gasteiger partial charge in [0.05, 0.1) is 11.6 Å². The molecule has 0 aromatic carbocycles. The Labute approximate surface area is 102 Å². The molecule has 3 N–H and O–H groups in total. The lowest BCUT2D eigenvalue weighted by Gasteiger charge is -2.48. The highest BCUT2D eigenvalue weighted by Gasteiger charge is 2.45. The van der Waals surface area contributed by atoms with Gasteiger partial charge in [0.15, 0.2) is 0 Å². The standard InChI is InChI=1S/C12H21N3O2/c1-8(2)10(13)11(17)15-5-3-12(4-6-15)7-9(16)14-12/h8,10H,3-7,13H2,1-2H3,(H,14,16)/t10-/m0/s1. The van der Waals surface area contributed by atoms with Gasteiger partial charge in [-0.25, -0.2) is 0 Å². The number of carbonyl (C=O) groups is 2. The molecule has 0 bridgehead atoms. The molecule has 17 heavy (non-hydrogen) atoms. The minimum atomic E-state index is -0.403. The molecule has 1 atom stereocenters. The molecule has 2 rings (SSSR count). The topological polar surface area (TPSA) is 75.4 Å². The first-order chi connectivity index (χ1) is 7.93. The molecule has 0 aromatic heterocycles. The van der Waals surface area contributed by atoms with Gasteiger partial charge in [-0.3, -0.25) is 9.59 Å². The Morgan fingerprint density at radius 2 is 1.94 bits per heavy atom. The van der Waals surface area contributed by atoms with Crippen LogP contribution < -0.4 is 11.1 Å². The summed E-state index contributed by atoms with van der Waals surface area (Å²) >= 11 is 0. The minimum absolute atomic E-state index is 0.0181. The van der Waals surface area contributed by atoms with Crippen molar-refractivity contribution < 1.29 is 9.59 Å². The second-order valence-corrected chi connectivity index (χ2v) is 5.60. The van der Waals surface area contributed by atoms with E-state index in [4.69, 9.17) is 5.73 Å². The highest BCUT2D eigenvalue weighted by atomic mass is 16.2. The molecule has 5 heteroatoms. The van der Waals surface area contributed by atoms with Crippen LogP contribution in [0, 0.1) is 5.92 Å². The van der Waals surface area contributed by atoms with E-state index in [1.807, 2.05) is 18.7 Å². The summed E-state index contributed by atoms with van der Waals surface area (Å²) in [7, 11) is 0. The van der Waals surface area contributed by atoms with Crippen molar-refractivity contribution in [3.05, 3.63) is 0 Å². The molecule has 0 saturated carbocycles. The Morgan fingerprint density at radius 3 is 2.35 bits per heavy atom.